The Morgan fingerprint density at radius 3 is 2.42 bits per heavy atom. The second-order valence-electron chi connectivity index (χ2n) is 5.66. The van der Waals surface area contributed by atoms with Crippen molar-refractivity contribution < 1.29 is 4.39 Å². The molecule has 7 heteroatoms. The van der Waals surface area contributed by atoms with E-state index in [-0.39, 0.29) is 29.8 Å². The second kappa shape index (κ2) is 13.7. The fourth-order valence-corrected chi connectivity index (χ4v) is 2.68. The Kier molecular flexibility index (Phi) is 13.4. The number of benzene rings is 1. The van der Waals surface area contributed by atoms with Crippen molar-refractivity contribution in [2.24, 2.45) is 4.99 Å². The Morgan fingerprint density at radius 1 is 1.21 bits per heavy atom. The molecule has 0 aliphatic heterocycles. The first-order valence-electron chi connectivity index (χ1n) is 8.06. The van der Waals surface area contributed by atoms with Gasteiger partial charge in [-0.05, 0) is 57.3 Å². The van der Waals surface area contributed by atoms with Crippen LogP contribution < -0.4 is 10.6 Å². The SMILES string of the molecule is CN=C(NCCCSc1ccc(F)cc1)NCCN(C)C(C)C.I. The first-order chi connectivity index (χ1) is 11.0. The van der Waals surface area contributed by atoms with Gasteiger partial charge in [-0.25, -0.2) is 4.39 Å². The fraction of sp³-hybridized carbons (Fsp3) is 0.588. The number of hydrogen-bond acceptors (Lipinski definition) is 3. The van der Waals surface area contributed by atoms with E-state index in [1.54, 1.807) is 18.8 Å². The molecule has 0 atom stereocenters. The summed E-state index contributed by atoms with van der Waals surface area (Å²) in [6.07, 6.45) is 1.02. The van der Waals surface area contributed by atoms with Crippen molar-refractivity contribution in [3.63, 3.8) is 0 Å². The van der Waals surface area contributed by atoms with Gasteiger partial charge in [0.2, 0.25) is 0 Å². The Balaban J connectivity index is 0.00000529. The van der Waals surface area contributed by atoms with Gasteiger partial charge >= 0.3 is 0 Å². The number of likely N-dealkylation sites (N-methyl/N-ethyl adjacent to an activating group) is 1. The van der Waals surface area contributed by atoms with Crippen LogP contribution in [-0.4, -0.2) is 56.4 Å². The molecule has 0 saturated carbocycles. The zero-order valence-corrected chi connectivity index (χ0v) is 18.2. The first-order valence-corrected chi connectivity index (χ1v) is 9.04. The molecular formula is C17H30FIN4S. The van der Waals surface area contributed by atoms with E-state index >= 15 is 0 Å². The normalized spacial score (nSPS) is 11.5. The van der Waals surface area contributed by atoms with E-state index in [1.807, 2.05) is 12.1 Å². The lowest BCUT2D eigenvalue weighted by Crippen LogP contribution is -2.42. The van der Waals surface area contributed by atoms with Crippen LogP contribution in [0, 0.1) is 5.82 Å². The molecule has 0 fully saturated rings. The molecule has 0 aromatic heterocycles. The molecule has 0 saturated heterocycles. The number of thioether (sulfide) groups is 1. The van der Waals surface area contributed by atoms with E-state index in [9.17, 15) is 4.39 Å². The molecule has 0 bridgehead atoms. The van der Waals surface area contributed by atoms with E-state index < -0.39 is 0 Å². The quantitative estimate of drug-likeness (QED) is 0.192. The number of nitrogens with zero attached hydrogens (tertiary/aromatic N) is 2. The van der Waals surface area contributed by atoms with Crippen LogP contribution in [0.5, 0.6) is 0 Å². The second-order valence-corrected chi connectivity index (χ2v) is 6.82. The van der Waals surface area contributed by atoms with E-state index in [0.29, 0.717) is 6.04 Å². The Morgan fingerprint density at radius 2 is 1.83 bits per heavy atom. The highest BCUT2D eigenvalue weighted by molar-refractivity contribution is 14.0. The third kappa shape index (κ3) is 10.4. The van der Waals surface area contributed by atoms with Gasteiger partial charge in [0.05, 0.1) is 0 Å². The Bertz CT molecular complexity index is 468. The van der Waals surface area contributed by atoms with Crippen molar-refractivity contribution in [1.29, 1.82) is 0 Å². The van der Waals surface area contributed by atoms with Crippen LogP contribution in [0.4, 0.5) is 4.39 Å². The van der Waals surface area contributed by atoms with Crippen molar-refractivity contribution in [2.45, 2.75) is 31.2 Å². The maximum Gasteiger partial charge on any atom is 0.191 e. The minimum Gasteiger partial charge on any atom is -0.356 e. The summed E-state index contributed by atoms with van der Waals surface area (Å²) in [4.78, 5) is 7.62. The van der Waals surface area contributed by atoms with Crippen LogP contribution in [0.3, 0.4) is 0 Å². The predicted molar refractivity (Wildman–Crippen MR) is 114 cm³/mol. The van der Waals surface area contributed by atoms with Gasteiger partial charge in [-0.1, -0.05) is 0 Å². The standard InChI is InChI=1S/C17H29FN4S.HI/c1-14(2)22(4)12-11-21-17(19-3)20-10-5-13-23-16-8-6-15(18)7-9-16;/h6-9,14H,5,10-13H2,1-4H3,(H2,19,20,21);1H. The zero-order valence-electron chi connectivity index (χ0n) is 15.0. The van der Waals surface area contributed by atoms with Crippen LogP contribution in [0.2, 0.25) is 0 Å². The smallest absolute Gasteiger partial charge is 0.191 e. The van der Waals surface area contributed by atoms with Gasteiger partial charge in [0, 0.05) is 37.6 Å². The van der Waals surface area contributed by atoms with E-state index in [1.165, 1.54) is 12.1 Å². The first kappa shape index (κ1) is 23.5. The third-order valence-electron chi connectivity index (χ3n) is 3.56. The summed E-state index contributed by atoms with van der Waals surface area (Å²) < 4.78 is 12.8. The van der Waals surface area contributed by atoms with Gasteiger partial charge in [0.1, 0.15) is 5.82 Å². The van der Waals surface area contributed by atoms with Crippen LogP contribution in [0.1, 0.15) is 20.3 Å². The molecule has 0 radical (unpaired) electrons. The summed E-state index contributed by atoms with van der Waals surface area (Å²) in [6.45, 7) is 7.10. The molecule has 0 spiro atoms. The summed E-state index contributed by atoms with van der Waals surface area (Å²) in [7, 11) is 3.91. The number of aliphatic imine (C=N–C) groups is 1. The number of rotatable bonds is 9. The maximum atomic E-state index is 12.8. The van der Waals surface area contributed by atoms with Crippen molar-refractivity contribution >= 4 is 41.7 Å². The topological polar surface area (TPSA) is 39.7 Å². The predicted octanol–water partition coefficient (Wildman–Crippen LogP) is 3.43. The van der Waals surface area contributed by atoms with E-state index in [4.69, 9.17) is 0 Å². The van der Waals surface area contributed by atoms with Crippen molar-refractivity contribution in [3.05, 3.63) is 30.1 Å². The van der Waals surface area contributed by atoms with Gasteiger partial charge < -0.3 is 15.5 Å². The molecule has 0 aliphatic carbocycles. The zero-order chi connectivity index (χ0) is 17.1. The fourth-order valence-electron chi connectivity index (χ4n) is 1.83. The van der Waals surface area contributed by atoms with Crippen LogP contribution in [0.25, 0.3) is 0 Å². The Hall–Kier alpha value is -0.540. The van der Waals surface area contributed by atoms with Gasteiger partial charge in [0.25, 0.3) is 0 Å². The minimum atomic E-state index is -0.186. The lowest BCUT2D eigenvalue weighted by molar-refractivity contribution is 0.278. The van der Waals surface area contributed by atoms with Gasteiger partial charge in [0.15, 0.2) is 5.96 Å². The molecule has 24 heavy (non-hydrogen) atoms. The molecule has 2 N–H and O–H groups in total. The molecule has 0 amide bonds. The van der Waals surface area contributed by atoms with Crippen LogP contribution in [-0.2, 0) is 0 Å². The van der Waals surface area contributed by atoms with E-state index in [2.05, 4.69) is 41.4 Å². The molecule has 138 valence electrons. The number of guanidine groups is 1. The van der Waals surface area contributed by atoms with Gasteiger partial charge in [-0.2, -0.15) is 0 Å². The van der Waals surface area contributed by atoms with Crippen molar-refractivity contribution in [3.8, 4) is 0 Å². The number of halogens is 2. The van der Waals surface area contributed by atoms with Crippen molar-refractivity contribution in [1.82, 2.24) is 15.5 Å². The highest BCUT2D eigenvalue weighted by atomic mass is 127. The van der Waals surface area contributed by atoms with E-state index in [0.717, 1.165) is 42.7 Å². The molecular weight excluding hydrogens is 438 g/mol. The number of hydrogen-bond donors (Lipinski definition) is 2. The van der Waals surface area contributed by atoms with Crippen molar-refractivity contribution in [2.75, 3.05) is 39.5 Å². The molecule has 0 aliphatic rings. The summed E-state index contributed by atoms with van der Waals surface area (Å²) >= 11 is 1.74. The summed E-state index contributed by atoms with van der Waals surface area (Å²) in [5.41, 5.74) is 0. The number of nitrogens with one attached hydrogen (secondary N) is 2. The largest absolute Gasteiger partial charge is 0.356 e. The highest BCUT2D eigenvalue weighted by Gasteiger charge is 2.03. The van der Waals surface area contributed by atoms with Crippen LogP contribution in [0.15, 0.2) is 34.2 Å². The summed E-state index contributed by atoms with van der Waals surface area (Å²) in [5, 5.41) is 6.63. The van der Waals surface area contributed by atoms with Crippen LogP contribution >= 0.6 is 35.7 Å². The summed E-state index contributed by atoms with van der Waals surface area (Å²) in [6, 6.07) is 7.19. The summed E-state index contributed by atoms with van der Waals surface area (Å²) in [5.74, 6) is 1.65. The average Bonchev–Trinajstić information content (AvgIpc) is 2.54. The van der Waals surface area contributed by atoms with Gasteiger partial charge in [-0.15, -0.1) is 35.7 Å². The maximum absolute atomic E-state index is 12.8. The molecule has 1 aromatic rings. The monoisotopic (exact) mass is 468 g/mol. The lowest BCUT2D eigenvalue weighted by Gasteiger charge is -2.21. The molecule has 1 aromatic carbocycles. The van der Waals surface area contributed by atoms with Gasteiger partial charge in [-0.3, -0.25) is 4.99 Å². The molecule has 4 nitrogen and oxygen atoms in total. The molecule has 1 rings (SSSR count). The molecule has 0 unspecified atom stereocenters. The Labute approximate surface area is 167 Å². The average molecular weight is 468 g/mol. The lowest BCUT2D eigenvalue weighted by atomic mass is 10.3. The third-order valence-corrected chi connectivity index (χ3v) is 4.66. The molecule has 0 heterocycles. The highest BCUT2D eigenvalue weighted by Crippen LogP contribution is 2.18. The minimum absolute atomic E-state index is 0.